The molecule has 0 saturated heterocycles. The number of carboxylic acid groups (broad SMARTS) is 2. The Hall–Kier alpha value is -1.26. The molecule has 0 rings (SSSR count). The summed E-state index contributed by atoms with van der Waals surface area (Å²) >= 11 is 0. The topological polar surface area (TPSA) is 179 Å². The molecule has 0 aromatic heterocycles. The molecular weight excluding hydrogens is 246 g/mol. The van der Waals surface area contributed by atoms with Crippen molar-refractivity contribution in [3.63, 3.8) is 0 Å². The van der Waals surface area contributed by atoms with Crippen LogP contribution < -0.4 is 16.9 Å². The van der Waals surface area contributed by atoms with Crippen LogP contribution in [-0.2, 0) is 9.59 Å². The highest BCUT2D eigenvalue weighted by Gasteiger charge is 2.14. The molecule has 0 saturated carbocycles. The fourth-order valence-corrected chi connectivity index (χ4v) is 0.814. The first kappa shape index (κ1) is 19.1. The zero-order chi connectivity index (χ0) is 14.6. The molecule has 0 spiro atoms. The number of aliphatic carboxylic acids is 2. The average molecular weight is 267 g/mol. The number of hydrogen-bond acceptors (Lipinski definition) is 7. The zero-order valence-corrected chi connectivity index (χ0v) is 9.95. The number of carbonyl (C=O) groups is 2. The minimum atomic E-state index is -1.18. The number of rotatable bonds is 8. The van der Waals surface area contributed by atoms with Gasteiger partial charge in [0, 0.05) is 0 Å². The van der Waals surface area contributed by atoms with Crippen molar-refractivity contribution in [2.75, 3.05) is 13.2 Å². The number of unbranched alkanes of at least 4 members (excludes halogenated alkanes) is 1. The molecule has 0 aliphatic carbocycles. The SMILES string of the molecule is NCCCC[C@H](NO)C(=O)O.N[C@@H](CO)C(=O)O. The van der Waals surface area contributed by atoms with E-state index in [1.807, 2.05) is 0 Å². The third-order valence-corrected chi connectivity index (χ3v) is 1.91. The lowest BCUT2D eigenvalue weighted by atomic mass is 10.1. The van der Waals surface area contributed by atoms with E-state index in [0.29, 0.717) is 19.4 Å². The predicted molar refractivity (Wildman–Crippen MR) is 61.9 cm³/mol. The second-order valence-corrected chi connectivity index (χ2v) is 3.43. The van der Waals surface area contributed by atoms with Crippen molar-refractivity contribution in [1.29, 1.82) is 0 Å². The van der Waals surface area contributed by atoms with Gasteiger partial charge in [-0.15, -0.1) is 0 Å². The molecule has 108 valence electrons. The molecule has 18 heavy (non-hydrogen) atoms. The van der Waals surface area contributed by atoms with Crippen LogP contribution in [0, 0.1) is 0 Å². The van der Waals surface area contributed by atoms with Crippen molar-refractivity contribution in [2.24, 2.45) is 11.5 Å². The third kappa shape index (κ3) is 11.2. The van der Waals surface area contributed by atoms with E-state index in [9.17, 15) is 9.59 Å². The van der Waals surface area contributed by atoms with Crippen LogP contribution in [0.5, 0.6) is 0 Å². The van der Waals surface area contributed by atoms with E-state index in [4.69, 9.17) is 32.0 Å². The van der Waals surface area contributed by atoms with E-state index in [0.717, 1.165) is 6.42 Å². The fourth-order valence-electron chi connectivity index (χ4n) is 0.814. The van der Waals surface area contributed by atoms with Crippen LogP contribution in [-0.4, -0.2) is 57.7 Å². The van der Waals surface area contributed by atoms with Gasteiger partial charge in [0.25, 0.3) is 0 Å². The molecule has 2 atom stereocenters. The van der Waals surface area contributed by atoms with Crippen LogP contribution >= 0.6 is 0 Å². The molecule has 9 heteroatoms. The minimum absolute atomic E-state index is 0.406. The second kappa shape index (κ2) is 12.2. The van der Waals surface area contributed by atoms with Crippen molar-refractivity contribution in [3.05, 3.63) is 0 Å². The van der Waals surface area contributed by atoms with Gasteiger partial charge in [-0.25, -0.2) is 0 Å². The molecule has 0 aliphatic rings. The summed E-state index contributed by atoms with van der Waals surface area (Å²) in [6, 6.07) is -1.98. The molecule has 0 amide bonds. The minimum Gasteiger partial charge on any atom is -0.480 e. The number of aliphatic hydroxyl groups excluding tert-OH is 1. The van der Waals surface area contributed by atoms with Gasteiger partial charge in [0.1, 0.15) is 12.1 Å². The molecule has 0 aliphatic heterocycles. The lowest BCUT2D eigenvalue weighted by Gasteiger charge is -2.08. The van der Waals surface area contributed by atoms with Crippen molar-refractivity contribution >= 4 is 11.9 Å². The van der Waals surface area contributed by atoms with Crippen LogP contribution in [0.1, 0.15) is 19.3 Å². The Morgan fingerprint density at radius 1 is 1.17 bits per heavy atom. The van der Waals surface area contributed by atoms with E-state index in [2.05, 4.69) is 0 Å². The van der Waals surface area contributed by atoms with Gasteiger partial charge < -0.3 is 32.0 Å². The molecule has 0 heterocycles. The Kier molecular flexibility index (Phi) is 12.9. The van der Waals surface area contributed by atoms with Crippen LogP contribution in [0.2, 0.25) is 0 Å². The van der Waals surface area contributed by atoms with Crippen LogP contribution in [0.3, 0.4) is 0 Å². The van der Waals surface area contributed by atoms with Gasteiger partial charge in [0.2, 0.25) is 0 Å². The lowest BCUT2D eigenvalue weighted by molar-refractivity contribution is -0.142. The molecule has 0 aromatic rings. The largest absolute Gasteiger partial charge is 0.480 e. The maximum absolute atomic E-state index is 10.3. The van der Waals surface area contributed by atoms with E-state index >= 15 is 0 Å². The van der Waals surface area contributed by atoms with Crippen LogP contribution in [0.4, 0.5) is 0 Å². The van der Waals surface area contributed by atoms with Gasteiger partial charge >= 0.3 is 11.9 Å². The van der Waals surface area contributed by atoms with Gasteiger partial charge in [0.05, 0.1) is 6.61 Å². The summed E-state index contributed by atoms with van der Waals surface area (Å²) in [6.07, 6.45) is 1.90. The van der Waals surface area contributed by atoms with Crippen molar-refractivity contribution < 1.29 is 30.1 Å². The summed E-state index contributed by atoms with van der Waals surface area (Å²) in [5.41, 5.74) is 11.7. The van der Waals surface area contributed by atoms with Gasteiger partial charge in [-0.1, -0.05) is 0 Å². The van der Waals surface area contributed by atoms with E-state index in [1.165, 1.54) is 0 Å². The first-order chi connectivity index (χ1) is 8.40. The Balaban J connectivity index is 0. The summed E-state index contributed by atoms with van der Waals surface area (Å²) in [4.78, 5) is 19.9. The van der Waals surface area contributed by atoms with E-state index in [-0.39, 0.29) is 0 Å². The summed E-state index contributed by atoms with van der Waals surface area (Å²) in [6.45, 7) is 0.0487. The van der Waals surface area contributed by atoms with Gasteiger partial charge in [-0.2, -0.15) is 5.48 Å². The molecule has 0 fully saturated rings. The number of hydrogen-bond donors (Lipinski definition) is 7. The smallest absolute Gasteiger partial charge is 0.323 e. The normalized spacial score (nSPS) is 13.1. The number of aliphatic hydroxyl groups is 1. The highest BCUT2D eigenvalue weighted by molar-refractivity contribution is 5.73. The number of nitrogens with two attached hydrogens (primary N) is 2. The Morgan fingerprint density at radius 2 is 1.72 bits per heavy atom. The van der Waals surface area contributed by atoms with Crippen molar-refractivity contribution in [3.8, 4) is 0 Å². The molecular formula is C9H21N3O6. The Labute approximate surface area is 104 Å². The zero-order valence-electron chi connectivity index (χ0n) is 9.95. The molecule has 9 N–H and O–H groups in total. The number of hydroxylamine groups is 1. The summed E-state index contributed by atoms with van der Waals surface area (Å²) in [5.74, 6) is -2.22. The van der Waals surface area contributed by atoms with Crippen LogP contribution in [0.15, 0.2) is 0 Å². The van der Waals surface area contributed by atoms with Crippen LogP contribution in [0.25, 0.3) is 0 Å². The maximum atomic E-state index is 10.3. The molecule has 0 radical (unpaired) electrons. The van der Waals surface area contributed by atoms with Gasteiger partial charge in [0.15, 0.2) is 0 Å². The second-order valence-electron chi connectivity index (χ2n) is 3.43. The first-order valence-electron chi connectivity index (χ1n) is 5.32. The monoisotopic (exact) mass is 267 g/mol. The number of carboxylic acids is 2. The van der Waals surface area contributed by atoms with Gasteiger partial charge in [-0.3, -0.25) is 9.59 Å². The lowest BCUT2D eigenvalue weighted by Crippen LogP contribution is -2.34. The standard InChI is InChI=1S/C6H14N2O3.C3H7NO3/c7-4-2-1-3-5(8-11)6(9)10;4-2(1-5)3(6)7/h5,8,11H,1-4,7H2,(H,9,10);2,5H,1,4H2,(H,6,7)/t5-;2-/m00/s1. The summed E-state index contributed by atoms with van der Waals surface area (Å²) < 4.78 is 0. The summed E-state index contributed by atoms with van der Waals surface area (Å²) in [5, 5.41) is 32.6. The maximum Gasteiger partial charge on any atom is 0.323 e. The molecule has 9 nitrogen and oxygen atoms in total. The van der Waals surface area contributed by atoms with Gasteiger partial charge in [-0.05, 0) is 25.8 Å². The van der Waals surface area contributed by atoms with Crippen molar-refractivity contribution in [2.45, 2.75) is 31.3 Å². The summed E-state index contributed by atoms with van der Waals surface area (Å²) in [7, 11) is 0. The molecule has 0 bridgehead atoms. The third-order valence-electron chi connectivity index (χ3n) is 1.91. The van der Waals surface area contributed by atoms with E-state index in [1.54, 1.807) is 5.48 Å². The quantitative estimate of drug-likeness (QED) is 0.192. The highest BCUT2D eigenvalue weighted by atomic mass is 16.5. The highest BCUT2D eigenvalue weighted by Crippen LogP contribution is 1.99. The molecule has 0 aromatic carbocycles. The molecule has 0 unspecified atom stereocenters. The Bertz CT molecular complexity index is 238. The first-order valence-corrected chi connectivity index (χ1v) is 5.32. The Morgan fingerprint density at radius 3 is 1.94 bits per heavy atom. The van der Waals surface area contributed by atoms with Crippen molar-refractivity contribution in [1.82, 2.24) is 5.48 Å². The predicted octanol–water partition coefficient (Wildman–Crippen LogP) is -2.06. The fraction of sp³-hybridized carbons (Fsp3) is 0.778. The number of nitrogens with one attached hydrogen (secondary N) is 1. The van der Waals surface area contributed by atoms with E-state index < -0.39 is 30.6 Å². The average Bonchev–Trinajstić information content (AvgIpc) is 2.33.